The fourth-order valence-corrected chi connectivity index (χ4v) is 1.65. The molecule has 2 N–H and O–H groups in total. The third kappa shape index (κ3) is 2.63. The molecule has 0 atom stereocenters. The molecule has 0 amide bonds. The van der Waals surface area contributed by atoms with Crippen LogP contribution in [0.5, 0.6) is 5.75 Å². The molecule has 2 rings (SSSR count). The highest BCUT2D eigenvalue weighted by molar-refractivity contribution is 6.31. The van der Waals surface area contributed by atoms with Crippen LogP contribution in [-0.4, -0.2) is 11.7 Å². The first-order valence-corrected chi connectivity index (χ1v) is 5.31. The van der Waals surface area contributed by atoms with E-state index < -0.39 is 0 Å². The Labute approximate surface area is 88.9 Å². The summed E-state index contributed by atoms with van der Waals surface area (Å²) in [5, 5.41) is 13.1. The molecule has 1 saturated carbocycles. The number of phenolic OH excluding ortho intramolecular Hbond substituents is 1. The number of hydrogen-bond donors (Lipinski definition) is 2. The minimum atomic E-state index is 0.223. The Morgan fingerprint density at radius 1 is 1.43 bits per heavy atom. The molecule has 0 spiro atoms. The molecule has 14 heavy (non-hydrogen) atoms. The number of nitrogens with one attached hydrogen (secondary N) is 1. The van der Waals surface area contributed by atoms with Gasteiger partial charge in [0.05, 0.1) is 0 Å². The Balaban J connectivity index is 1.87. The first-order valence-electron chi connectivity index (χ1n) is 4.94. The molecule has 3 heteroatoms. The van der Waals surface area contributed by atoms with Gasteiger partial charge in [-0.3, -0.25) is 0 Å². The average Bonchev–Trinajstić information content (AvgIpc) is 2.92. The van der Waals surface area contributed by atoms with Gasteiger partial charge in [-0.05, 0) is 43.0 Å². The van der Waals surface area contributed by atoms with Crippen LogP contribution in [-0.2, 0) is 6.54 Å². The molecule has 0 bridgehead atoms. The minimum Gasteiger partial charge on any atom is -0.508 e. The molecule has 1 aliphatic rings. The molecule has 1 aromatic carbocycles. The van der Waals surface area contributed by atoms with Crippen molar-refractivity contribution in [2.24, 2.45) is 5.92 Å². The first-order chi connectivity index (χ1) is 6.75. The summed E-state index contributed by atoms with van der Waals surface area (Å²) in [5.41, 5.74) is 1.05. The fraction of sp³-hybridized carbons (Fsp3) is 0.455. The van der Waals surface area contributed by atoms with E-state index in [0.717, 1.165) is 24.6 Å². The maximum atomic E-state index is 9.16. The zero-order valence-corrected chi connectivity index (χ0v) is 8.72. The van der Waals surface area contributed by atoms with Crippen LogP contribution in [0.25, 0.3) is 0 Å². The van der Waals surface area contributed by atoms with Crippen molar-refractivity contribution in [3.8, 4) is 5.75 Å². The Bertz CT molecular complexity index is 323. The van der Waals surface area contributed by atoms with Gasteiger partial charge in [-0.25, -0.2) is 0 Å². The highest BCUT2D eigenvalue weighted by Gasteiger charge is 2.20. The van der Waals surface area contributed by atoms with E-state index in [4.69, 9.17) is 16.7 Å². The number of rotatable bonds is 4. The van der Waals surface area contributed by atoms with Gasteiger partial charge in [-0.15, -0.1) is 0 Å². The zero-order chi connectivity index (χ0) is 9.97. The van der Waals surface area contributed by atoms with Gasteiger partial charge >= 0.3 is 0 Å². The van der Waals surface area contributed by atoms with Crippen LogP contribution in [0.3, 0.4) is 0 Å². The van der Waals surface area contributed by atoms with Gasteiger partial charge in [0.2, 0.25) is 0 Å². The second kappa shape index (κ2) is 4.20. The van der Waals surface area contributed by atoms with Crippen LogP contribution in [0.4, 0.5) is 0 Å². The van der Waals surface area contributed by atoms with E-state index in [9.17, 15) is 0 Å². The lowest BCUT2D eigenvalue weighted by molar-refractivity contribution is 0.475. The van der Waals surface area contributed by atoms with Crippen molar-refractivity contribution >= 4 is 11.6 Å². The van der Waals surface area contributed by atoms with Crippen molar-refractivity contribution in [1.29, 1.82) is 0 Å². The highest BCUT2D eigenvalue weighted by atomic mass is 35.5. The van der Waals surface area contributed by atoms with E-state index in [-0.39, 0.29) is 5.75 Å². The number of benzene rings is 1. The zero-order valence-electron chi connectivity index (χ0n) is 7.96. The Morgan fingerprint density at radius 3 is 2.86 bits per heavy atom. The second-order valence-electron chi connectivity index (χ2n) is 3.85. The summed E-state index contributed by atoms with van der Waals surface area (Å²) in [6.45, 7) is 1.87. The second-order valence-corrected chi connectivity index (χ2v) is 4.26. The van der Waals surface area contributed by atoms with Gasteiger partial charge in [0.15, 0.2) is 0 Å². The normalized spacial score (nSPS) is 15.8. The molecule has 0 heterocycles. The number of halogens is 1. The SMILES string of the molecule is Oc1ccc(CNCC2CC2)c(Cl)c1. The molecule has 1 aliphatic carbocycles. The Kier molecular flexibility index (Phi) is 2.94. The van der Waals surface area contributed by atoms with Gasteiger partial charge < -0.3 is 10.4 Å². The van der Waals surface area contributed by atoms with Crippen molar-refractivity contribution in [2.45, 2.75) is 19.4 Å². The average molecular weight is 212 g/mol. The van der Waals surface area contributed by atoms with E-state index in [1.54, 1.807) is 12.1 Å². The topological polar surface area (TPSA) is 32.3 Å². The Morgan fingerprint density at radius 2 is 2.21 bits per heavy atom. The molecule has 2 nitrogen and oxygen atoms in total. The van der Waals surface area contributed by atoms with Crippen molar-refractivity contribution in [2.75, 3.05) is 6.54 Å². The predicted octanol–water partition coefficient (Wildman–Crippen LogP) is 2.55. The third-order valence-electron chi connectivity index (χ3n) is 2.48. The summed E-state index contributed by atoms with van der Waals surface area (Å²) >= 11 is 5.96. The minimum absolute atomic E-state index is 0.223. The standard InChI is InChI=1S/C11H14ClNO/c12-11-5-10(14)4-3-9(11)7-13-6-8-1-2-8/h3-5,8,13-14H,1-2,6-7H2. The van der Waals surface area contributed by atoms with E-state index >= 15 is 0 Å². The molecule has 1 aromatic rings. The van der Waals surface area contributed by atoms with Crippen molar-refractivity contribution in [3.63, 3.8) is 0 Å². The molecule has 76 valence electrons. The molecule has 0 saturated heterocycles. The largest absolute Gasteiger partial charge is 0.508 e. The number of phenols is 1. The lowest BCUT2D eigenvalue weighted by Gasteiger charge is -2.06. The summed E-state index contributed by atoms with van der Waals surface area (Å²) in [6, 6.07) is 5.10. The number of hydrogen-bond acceptors (Lipinski definition) is 2. The van der Waals surface area contributed by atoms with Crippen LogP contribution in [0.2, 0.25) is 5.02 Å². The molecule has 0 aliphatic heterocycles. The van der Waals surface area contributed by atoms with Crippen molar-refractivity contribution in [3.05, 3.63) is 28.8 Å². The maximum Gasteiger partial charge on any atom is 0.117 e. The molecule has 1 fully saturated rings. The monoisotopic (exact) mass is 211 g/mol. The lowest BCUT2D eigenvalue weighted by Crippen LogP contribution is -2.16. The van der Waals surface area contributed by atoms with Crippen LogP contribution in [0.1, 0.15) is 18.4 Å². The number of aromatic hydroxyl groups is 1. The van der Waals surface area contributed by atoms with E-state index in [1.807, 2.05) is 6.07 Å². The van der Waals surface area contributed by atoms with Gasteiger partial charge in [-0.2, -0.15) is 0 Å². The quantitative estimate of drug-likeness (QED) is 0.803. The van der Waals surface area contributed by atoms with Gasteiger partial charge in [0, 0.05) is 11.6 Å². The van der Waals surface area contributed by atoms with Gasteiger partial charge in [0.25, 0.3) is 0 Å². The highest BCUT2D eigenvalue weighted by Crippen LogP contribution is 2.28. The van der Waals surface area contributed by atoms with Gasteiger partial charge in [-0.1, -0.05) is 17.7 Å². The summed E-state index contributed by atoms with van der Waals surface area (Å²) in [6.07, 6.45) is 2.71. The lowest BCUT2D eigenvalue weighted by atomic mass is 10.2. The summed E-state index contributed by atoms with van der Waals surface area (Å²) in [5.74, 6) is 1.10. The molecular formula is C11H14ClNO. The third-order valence-corrected chi connectivity index (χ3v) is 2.83. The van der Waals surface area contributed by atoms with Crippen LogP contribution in [0.15, 0.2) is 18.2 Å². The van der Waals surface area contributed by atoms with Gasteiger partial charge in [0.1, 0.15) is 5.75 Å². The smallest absolute Gasteiger partial charge is 0.117 e. The van der Waals surface area contributed by atoms with Crippen molar-refractivity contribution < 1.29 is 5.11 Å². The van der Waals surface area contributed by atoms with E-state index in [1.165, 1.54) is 12.8 Å². The van der Waals surface area contributed by atoms with E-state index in [2.05, 4.69) is 5.32 Å². The van der Waals surface area contributed by atoms with E-state index in [0.29, 0.717) is 5.02 Å². The fourth-order valence-electron chi connectivity index (χ4n) is 1.41. The van der Waals surface area contributed by atoms with Crippen LogP contribution >= 0.6 is 11.6 Å². The predicted molar refractivity (Wildman–Crippen MR) is 57.5 cm³/mol. The maximum absolute atomic E-state index is 9.16. The molecule has 0 radical (unpaired) electrons. The summed E-state index contributed by atoms with van der Waals surface area (Å²) in [7, 11) is 0. The van der Waals surface area contributed by atoms with Crippen LogP contribution < -0.4 is 5.32 Å². The summed E-state index contributed by atoms with van der Waals surface area (Å²) < 4.78 is 0. The molecule has 0 aromatic heterocycles. The van der Waals surface area contributed by atoms with Crippen LogP contribution in [0, 0.1) is 5.92 Å². The Hall–Kier alpha value is -0.730. The molecule has 0 unspecified atom stereocenters. The van der Waals surface area contributed by atoms with Crippen molar-refractivity contribution in [1.82, 2.24) is 5.32 Å². The summed E-state index contributed by atoms with van der Waals surface area (Å²) in [4.78, 5) is 0. The molecular weight excluding hydrogens is 198 g/mol. The first kappa shape index (κ1) is 9.81.